The molecule has 0 aliphatic heterocycles. The third kappa shape index (κ3) is 1.03. The van der Waals surface area contributed by atoms with Crippen molar-refractivity contribution in [3.05, 3.63) is 22.6 Å². The van der Waals surface area contributed by atoms with Gasteiger partial charge in [-0.15, -0.1) is 0 Å². The van der Waals surface area contributed by atoms with Crippen LogP contribution in [0.4, 0.5) is 0 Å². The smallest absolute Gasteiger partial charge is 0.178 e. The van der Waals surface area contributed by atoms with Gasteiger partial charge >= 0.3 is 0 Å². The van der Waals surface area contributed by atoms with Crippen molar-refractivity contribution in [2.75, 3.05) is 0 Å². The SMILES string of the molecule is Cc1cc2[nH]cnc2nc1Br. The van der Waals surface area contributed by atoms with Crippen LogP contribution in [0.25, 0.3) is 11.2 Å². The first kappa shape index (κ1) is 6.79. The predicted molar refractivity (Wildman–Crippen MR) is 46.3 cm³/mol. The van der Waals surface area contributed by atoms with E-state index in [1.165, 1.54) is 0 Å². The molecule has 2 rings (SSSR count). The Morgan fingerprint density at radius 3 is 3.18 bits per heavy atom. The maximum atomic E-state index is 4.21. The molecule has 0 unspecified atom stereocenters. The van der Waals surface area contributed by atoms with Crippen molar-refractivity contribution in [2.24, 2.45) is 0 Å². The monoisotopic (exact) mass is 211 g/mol. The minimum Gasteiger partial charge on any atom is -0.343 e. The third-order valence-corrected chi connectivity index (χ3v) is 2.34. The van der Waals surface area contributed by atoms with E-state index in [4.69, 9.17) is 0 Å². The zero-order chi connectivity index (χ0) is 7.84. The highest BCUT2D eigenvalue weighted by atomic mass is 79.9. The molecule has 0 spiro atoms. The molecule has 0 bridgehead atoms. The van der Waals surface area contributed by atoms with E-state index in [-0.39, 0.29) is 0 Å². The quantitative estimate of drug-likeness (QED) is 0.678. The molecule has 3 nitrogen and oxygen atoms in total. The molecule has 56 valence electrons. The number of imidazole rings is 1. The van der Waals surface area contributed by atoms with Gasteiger partial charge in [0.1, 0.15) is 4.60 Å². The molecule has 0 amide bonds. The molecule has 0 saturated carbocycles. The van der Waals surface area contributed by atoms with Crippen molar-refractivity contribution in [3.8, 4) is 0 Å². The summed E-state index contributed by atoms with van der Waals surface area (Å²) in [5.74, 6) is 0. The van der Waals surface area contributed by atoms with E-state index in [1.54, 1.807) is 6.33 Å². The Labute approximate surface area is 72.0 Å². The second-order valence-corrected chi connectivity index (χ2v) is 3.12. The average Bonchev–Trinajstić information content (AvgIpc) is 2.36. The van der Waals surface area contributed by atoms with Gasteiger partial charge in [0.2, 0.25) is 0 Å². The number of aromatic nitrogens is 3. The molecule has 0 aliphatic carbocycles. The van der Waals surface area contributed by atoms with Gasteiger partial charge in [0.15, 0.2) is 5.65 Å². The summed E-state index contributed by atoms with van der Waals surface area (Å²) in [4.78, 5) is 11.2. The number of hydrogen-bond donors (Lipinski definition) is 1. The highest BCUT2D eigenvalue weighted by Crippen LogP contribution is 2.16. The van der Waals surface area contributed by atoms with Crippen molar-refractivity contribution >= 4 is 27.1 Å². The Balaban J connectivity index is 2.86. The van der Waals surface area contributed by atoms with E-state index in [2.05, 4.69) is 30.9 Å². The van der Waals surface area contributed by atoms with Gasteiger partial charge in [0.05, 0.1) is 11.8 Å². The number of halogens is 1. The zero-order valence-electron chi connectivity index (χ0n) is 5.93. The summed E-state index contributed by atoms with van der Waals surface area (Å²) in [5.41, 5.74) is 2.84. The second-order valence-electron chi connectivity index (χ2n) is 2.37. The van der Waals surface area contributed by atoms with Crippen molar-refractivity contribution in [1.82, 2.24) is 15.0 Å². The van der Waals surface area contributed by atoms with E-state index in [1.807, 2.05) is 13.0 Å². The van der Waals surface area contributed by atoms with Gasteiger partial charge in [-0.1, -0.05) is 0 Å². The highest BCUT2D eigenvalue weighted by molar-refractivity contribution is 9.10. The first-order valence-electron chi connectivity index (χ1n) is 3.23. The lowest BCUT2D eigenvalue weighted by molar-refractivity contribution is 1.24. The fourth-order valence-corrected chi connectivity index (χ4v) is 1.23. The van der Waals surface area contributed by atoms with Gasteiger partial charge in [-0.25, -0.2) is 9.97 Å². The van der Waals surface area contributed by atoms with E-state index >= 15 is 0 Å². The van der Waals surface area contributed by atoms with Gasteiger partial charge in [-0.2, -0.15) is 0 Å². The fourth-order valence-electron chi connectivity index (χ4n) is 0.950. The molecule has 0 aromatic carbocycles. The summed E-state index contributed by atoms with van der Waals surface area (Å²) >= 11 is 3.34. The minimum absolute atomic E-state index is 0.752. The Morgan fingerprint density at radius 2 is 2.36 bits per heavy atom. The van der Waals surface area contributed by atoms with Crippen LogP contribution in [0.3, 0.4) is 0 Å². The standard InChI is InChI=1S/C7H6BrN3/c1-4-2-5-7(10-3-9-5)11-6(4)8/h2-3H,1H3,(H,9,10,11). The Bertz CT molecular complexity index is 357. The average molecular weight is 212 g/mol. The summed E-state index contributed by atoms with van der Waals surface area (Å²) in [6, 6.07) is 2.01. The molecule has 0 atom stereocenters. The van der Waals surface area contributed by atoms with Crippen LogP contribution < -0.4 is 0 Å². The first-order valence-corrected chi connectivity index (χ1v) is 4.03. The van der Waals surface area contributed by atoms with Gasteiger partial charge in [-0.05, 0) is 34.5 Å². The zero-order valence-corrected chi connectivity index (χ0v) is 7.51. The lowest BCUT2D eigenvalue weighted by Gasteiger charge is -1.94. The number of aromatic amines is 1. The summed E-state index contributed by atoms with van der Waals surface area (Å²) < 4.78 is 0.858. The normalized spacial score (nSPS) is 10.7. The van der Waals surface area contributed by atoms with E-state index in [0.29, 0.717) is 0 Å². The molecule has 0 saturated heterocycles. The minimum atomic E-state index is 0.752. The number of H-pyrrole nitrogens is 1. The van der Waals surface area contributed by atoms with Gasteiger partial charge in [-0.3, -0.25) is 0 Å². The van der Waals surface area contributed by atoms with Crippen LogP contribution in [-0.4, -0.2) is 15.0 Å². The maximum absolute atomic E-state index is 4.21. The number of pyridine rings is 1. The van der Waals surface area contributed by atoms with Crippen molar-refractivity contribution in [1.29, 1.82) is 0 Å². The van der Waals surface area contributed by atoms with Gasteiger partial charge in [0.25, 0.3) is 0 Å². The molecule has 2 heterocycles. The van der Waals surface area contributed by atoms with Crippen LogP contribution in [0.2, 0.25) is 0 Å². The summed E-state index contributed by atoms with van der Waals surface area (Å²) in [6.45, 7) is 2.00. The summed E-state index contributed by atoms with van der Waals surface area (Å²) in [6.07, 6.45) is 1.64. The largest absolute Gasteiger partial charge is 0.343 e. The van der Waals surface area contributed by atoms with Crippen molar-refractivity contribution in [3.63, 3.8) is 0 Å². The molecule has 11 heavy (non-hydrogen) atoms. The van der Waals surface area contributed by atoms with Crippen LogP contribution in [0, 0.1) is 6.92 Å². The number of nitrogens with one attached hydrogen (secondary N) is 1. The van der Waals surface area contributed by atoms with Crippen LogP contribution in [-0.2, 0) is 0 Å². The lowest BCUT2D eigenvalue weighted by atomic mass is 10.3. The highest BCUT2D eigenvalue weighted by Gasteiger charge is 2.00. The van der Waals surface area contributed by atoms with E-state index in [9.17, 15) is 0 Å². The Morgan fingerprint density at radius 1 is 1.55 bits per heavy atom. The van der Waals surface area contributed by atoms with Gasteiger partial charge in [0, 0.05) is 0 Å². The molecular weight excluding hydrogens is 206 g/mol. The van der Waals surface area contributed by atoms with Crippen LogP contribution in [0.5, 0.6) is 0 Å². The van der Waals surface area contributed by atoms with Crippen LogP contribution in [0.1, 0.15) is 5.56 Å². The third-order valence-electron chi connectivity index (χ3n) is 1.54. The molecular formula is C7H6BrN3. The van der Waals surface area contributed by atoms with E-state index in [0.717, 1.165) is 21.3 Å². The van der Waals surface area contributed by atoms with Crippen LogP contribution >= 0.6 is 15.9 Å². The Hall–Kier alpha value is -0.900. The molecule has 0 fully saturated rings. The summed E-state index contributed by atoms with van der Waals surface area (Å²) in [7, 11) is 0. The molecule has 0 radical (unpaired) electrons. The number of nitrogens with zero attached hydrogens (tertiary/aromatic N) is 2. The number of fused-ring (bicyclic) bond motifs is 1. The molecule has 4 heteroatoms. The molecule has 1 N–H and O–H groups in total. The fraction of sp³-hybridized carbons (Fsp3) is 0.143. The summed E-state index contributed by atoms with van der Waals surface area (Å²) in [5, 5.41) is 0. The first-order chi connectivity index (χ1) is 5.27. The topological polar surface area (TPSA) is 41.6 Å². The number of hydrogen-bond acceptors (Lipinski definition) is 2. The number of aryl methyl sites for hydroxylation is 1. The van der Waals surface area contributed by atoms with E-state index < -0.39 is 0 Å². The van der Waals surface area contributed by atoms with Crippen LogP contribution in [0.15, 0.2) is 17.0 Å². The molecule has 0 aliphatic rings. The second kappa shape index (κ2) is 2.30. The van der Waals surface area contributed by atoms with Gasteiger partial charge < -0.3 is 4.98 Å². The Kier molecular flexibility index (Phi) is 1.42. The molecule has 2 aromatic rings. The van der Waals surface area contributed by atoms with Crippen molar-refractivity contribution < 1.29 is 0 Å². The number of rotatable bonds is 0. The lowest BCUT2D eigenvalue weighted by Crippen LogP contribution is -1.82. The van der Waals surface area contributed by atoms with Crippen molar-refractivity contribution in [2.45, 2.75) is 6.92 Å². The molecule has 2 aromatic heterocycles. The predicted octanol–water partition coefficient (Wildman–Crippen LogP) is 2.03. The maximum Gasteiger partial charge on any atom is 0.178 e.